The van der Waals surface area contributed by atoms with Gasteiger partial charge in [0.25, 0.3) is 0 Å². The van der Waals surface area contributed by atoms with E-state index in [1.807, 2.05) is 65.6 Å². The van der Waals surface area contributed by atoms with Crippen LogP contribution in [0.1, 0.15) is 40.0 Å². The maximum absolute atomic E-state index is 12.5. The van der Waals surface area contributed by atoms with E-state index < -0.39 is 11.9 Å². The number of ether oxygens (including phenoxy) is 1. The zero-order chi connectivity index (χ0) is 22.2. The van der Waals surface area contributed by atoms with Gasteiger partial charge in [0.15, 0.2) is 0 Å². The summed E-state index contributed by atoms with van der Waals surface area (Å²) in [6, 6.07) is 23.6. The Hall–Kier alpha value is -3.64. The molecule has 0 amide bonds. The van der Waals surface area contributed by atoms with Crippen molar-refractivity contribution >= 4 is 17.6 Å². The fourth-order valence-corrected chi connectivity index (χ4v) is 3.55. The fraction of sp³-hybridized carbons (Fsp3) is 0.200. The molecule has 3 aromatic rings. The summed E-state index contributed by atoms with van der Waals surface area (Å²) in [7, 11) is 0. The first-order chi connectivity index (χ1) is 15.0. The third kappa shape index (κ3) is 5.49. The van der Waals surface area contributed by atoms with E-state index in [0.29, 0.717) is 11.3 Å². The van der Waals surface area contributed by atoms with E-state index in [1.54, 1.807) is 13.0 Å². The number of anilines is 1. The van der Waals surface area contributed by atoms with E-state index in [-0.39, 0.29) is 31.4 Å². The molecule has 6 heteroatoms. The molecule has 3 rings (SSSR count). The number of carbonyl (C=O) groups is 2. The van der Waals surface area contributed by atoms with Gasteiger partial charge in [-0.05, 0) is 41.8 Å². The SMILES string of the molecule is CCOC(=O)CN(c1cc(CO)cc(C(=O)O)c1)C(c1ccccc1)c1ccccc1. The number of carbonyl (C=O) groups excluding carboxylic acids is 1. The maximum atomic E-state index is 12.5. The highest BCUT2D eigenvalue weighted by Crippen LogP contribution is 2.34. The third-order valence-electron chi connectivity index (χ3n) is 4.89. The van der Waals surface area contributed by atoms with E-state index in [2.05, 4.69) is 0 Å². The first-order valence-corrected chi connectivity index (χ1v) is 10.0. The number of hydrogen-bond acceptors (Lipinski definition) is 5. The first kappa shape index (κ1) is 22.1. The molecule has 31 heavy (non-hydrogen) atoms. The lowest BCUT2D eigenvalue weighted by Gasteiger charge is -2.34. The van der Waals surface area contributed by atoms with Crippen molar-refractivity contribution in [1.82, 2.24) is 0 Å². The van der Waals surface area contributed by atoms with Crippen LogP contribution in [-0.4, -0.2) is 35.3 Å². The number of aromatic carboxylic acids is 1. The molecule has 160 valence electrons. The minimum atomic E-state index is -1.11. The molecule has 0 aliphatic heterocycles. The van der Waals surface area contributed by atoms with Gasteiger partial charge in [0, 0.05) is 5.69 Å². The summed E-state index contributed by atoms with van der Waals surface area (Å²) >= 11 is 0. The highest BCUT2D eigenvalue weighted by molar-refractivity contribution is 5.89. The van der Waals surface area contributed by atoms with Crippen molar-refractivity contribution in [3.8, 4) is 0 Å². The van der Waals surface area contributed by atoms with Gasteiger partial charge in [0.2, 0.25) is 0 Å². The van der Waals surface area contributed by atoms with Crippen LogP contribution in [0.25, 0.3) is 0 Å². The van der Waals surface area contributed by atoms with Crippen LogP contribution >= 0.6 is 0 Å². The van der Waals surface area contributed by atoms with Gasteiger partial charge in [-0.3, -0.25) is 4.79 Å². The Labute approximate surface area is 181 Å². The van der Waals surface area contributed by atoms with Crippen LogP contribution in [0.15, 0.2) is 78.9 Å². The Bertz CT molecular complexity index is 981. The Morgan fingerprint density at radius 3 is 2.00 bits per heavy atom. The van der Waals surface area contributed by atoms with E-state index >= 15 is 0 Å². The predicted molar refractivity (Wildman–Crippen MR) is 118 cm³/mol. The second-order valence-corrected chi connectivity index (χ2v) is 7.01. The van der Waals surface area contributed by atoms with Crippen molar-refractivity contribution in [2.24, 2.45) is 0 Å². The van der Waals surface area contributed by atoms with Gasteiger partial charge in [-0.2, -0.15) is 0 Å². The summed E-state index contributed by atoms with van der Waals surface area (Å²) in [5.41, 5.74) is 2.86. The standard InChI is InChI=1S/C25H25NO5/c1-2-31-23(28)16-26(22-14-18(17-27)13-21(15-22)25(29)30)24(19-9-5-3-6-10-19)20-11-7-4-8-12-20/h3-15,24,27H,2,16-17H2,1H3,(H,29,30). The molecule has 0 atom stereocenters. The van der Waals surface area contributed by atoms with Crippen molar-refractivity contribution in [2.75, 3.05) is 18.1 Å². The summed E-state index contributed by atoms with van der Waals surface area (Å²) in [5.74, 6) is -1.53. The van der Waals surface area contributed by atoms with Crippen LogP contribution < -0.4 is 4.90 Å². The predicted octanol–water partition coefficient (Wildman–Crippen LogP) is 4.04. The molecule has 0 aromatic heterocycles. The fourth-order valence-electron chi connectivity index (χ4n) is 3.55. The Balaban J connectivity index is 2.20. The quantitative estimate of drug-likeness (QED) is 0.509. The largest absolute Gasteiger partial charge is 0.478 e. The number of esters is 1. The van der Waals surface area contributed by atoms with Crippen LogP contribution in [0.3, 0.4) is 0 Å². The van der Waals surface area contributed by atoms with Crippen molar-refractivity contribution in [3.63, 3.8) is 0 Å². The van der Waals surface area contributed by atoms with Gasteiger partial charge >= 0.3 is 11.9 Å². The van der Waals surface area contributed by atoms with Crippen LogP contribution in [-0.2, 0) is 16.1 Å². The smallest absolute Gasteiger partial charge is 0.335 e. The number of nitrogens with zero attached hydrogens (tertiary/aromatic N) is 1. The zero-order valence-electron chi connectivity index (χ0n) is 17.3. The number of aliphatic hydroxyl groups is 1. The second-order valence-electron chi connectivity index (χ2n) is 7.01. The highest BCUT2D eigenvalue weighted by Gasteiger charge is 2.26. The molecular formula is C25H25NO5. The number of hydrogen-bond donors (Lipinski definition) is 2. The third-order valence-corrected chi connectivity index (χ3v) is 4.89. The first-order valence-electron chi connectivity index (χ1n) is 10.0. The molecule has 0 unspecified atom stereocenters. The number of benzene rings is 3. The van der Waals surface area contributed by atoms with Gasteiger partial charge in [-0.25, -0.2) is 4.79 Å². The van der Waals surface area contributed by atoms with Crippen LogP contribution in [0, 0.1) is 0 Å². The molecule has 0 spiro atoms. The average Bonchev–Trinajstić information content (AvgIpc) is 2.80. The Morgan fingerprint density at radius 1 is 0.935 bits per heavy atom. The van der Waals surface area contributed by atoms with Crippen molar-refractivity contribution < 1.29 is 24.5 Å². The number of carboxylic acids is 1. The van der Waals surface area contributed by atoms with E-state index in [4.69, 9.17) is 4.74 Å². The van der Waals surface area contributed by atoms with Crippen molar-refractivity contribution in [2.45, 2.75) is 19.6 Å². The topological polar surface area (TPSA) is 87.1 Å². The summed E-state index contributed by atoms with van der Waals surface area (Å²) in [6.45, 7) is 1.58. The van der Waals surface area contributed by atoms with Gasteiger partial charge < -0.3 is 19.8 Å². The maximum Gasteiger partial charge on any atom is 0.335 e. The number of rotatable bonds is 9. The molecule has 0 aliphatic carbocycles. The van der Waals surface area contributed by atoms with Gasteiger partial charge in [0.1, 0.15) is 6.54 Å². The zero-order valence-corrected chi connectivity index (χ0v) is 17.3. The van der Waals surface area contributed by atoms with Gasteiger partial charge in [-0.1, -0.05) is 60.7 Å². The second kappa shape index (κ2) is 10.4. The van der Waals surface area contributed by atoms with Crippen LogP contribution in [0.4, 0.5) is 5.69 Å². The number of carboxylic acid groups (broad SMARTS) is 1. The van der Waals surface area contributed by atoms with E-state index in [1.165, 1.54) is 12.1 Å². The monoisotopic (exact) mass is 419 g/mol. The van der Waals surface area contributed by atoms with Crippen molar-refractivity contribution in [1.29, 1.82) is 0 Å². The van der Waals surface area contributed by atoms with Gasteiger partial charge in [0.05, 0.1) is 24.8 Å². The van der Waals surface area contributed by atoms with Gasteiger partial charge in [-0.15, -0.1) is 0 Å². The lowest BCUT2D eigenvalue weighted by atomic mass is 9.95. The minimum Gasteiger partial charge on any atom is -0.478 e. The Kier molecular flexibility index (Phi) is 7.40. The molecule has 0 bridgehead atoms. The molecule has 0 radical (unpaired) electrons. The molecule has 2 N–H and O–H groups in total. The molecule has 0 saturated heterocycles. The Morgan fingerprint density at radius 2 is 1.52 bits per heavy atom. The lowest BCUT2D eigenvalue weighted by molar-refractivity contribution is -0.141. The van der Waals surface area contributed by atoms with E-state index in [0.717, 1.165) is 11.1 Å². The number of aliphatic hydroxyl groups excluding tert-OH is 1. The highest BCUT2D eigenvalue weighted by atomic mass is 16.5. The average molecular weight is 419 g/mol. The summed E-state index contributed by atoms with van der Waals surface area (Å²) in [5, 5.41) is 19.2. The van der Waals surface area contributed by atoms with Crippen LogP contribution in [0.2, 0.25) is 0 Å². The molecule has 0 saturated carbocycles. The normalized spacial score (nSPS) is 10.7. The van der Waals surface area contributed by atoms with Crippen LogP contribution in [0.5, 0.6) is 0 Å². The summed E-state index contributed by atoms with van der Waals surface area (Å²) in [6.07, 6.45) is 0. The molecule has 6 nitrogen and oxygen atoms in total. The molecule has 0 fully saturated rings. The molecule has 0 aliphatic rings. The summed E-state index contributed by atoms with van der Waals surface area (Å²) < 4.78 is 5.20. The minimum absolute atomic E-state index is 0.0373. The lowest BCUT2D eigenvalue weighted by Crippen LogP contribution is -2.35. The summed E-state index contributed by atoms with van der Waals surface area (Å²) in [4.78, 5) is 26.0. The molecule has 3 aromatic carbocycles. The van der Waals surface area contributed by atoms with Crippen molar-refractivity contribution in [3.05, 3.63) is 101 Å². The molecule has 0 heterocycles. The van der Waals surface area contributed by atoms with E-state index in [9.17, 15) is 19.8 Å². The molecular weight excluding hydrogens is 394 g/mol.